The Hall–Kier alpha value is -3.63. The zero-order valence-electron chi connectivity index (χ0n) is 17.3. The van der Waals surface area contributed by atoms with E-state index in [1.807, 2.05) is 24.3 Å². The molecule has 4 rings (SSSR count). The van der Waals surface area contributed by atoms with Gasteiger partial charge in [-0.2, -0.15) is 18.4 Å². The van der Waals surface area contributed by atoms with Crippen molar-refractivity contribution in [2.45, 2.75) is 25.6 Å². The highest BCUT2D eigenvalue weighted by Crippen LogP contribution is 2.38. The maximum Gasteiger partial charge on any atom is 0.493 e. The van der Waals surface area contributed by atoms with Gasteiger partial charge in [-0.1, -0.05) is 30.3 Å². The third kappa shape index (κ3) is 4.48. The van der Waals surface area contributed by atoms with Crippen LogP contribution in [0.3, 0.4) is 0 Å². The average Bonchev–Trinajstić information content (AvgIpc) is 3.10. The maximum absolute atomic E-state index is 13.2. The van der Waals surface area contributed by atoms with Crippen molar-refractivity contribution in [1.82, 2.24) is 19.8 Å². The second-order valence-electron chi connectivity index (χ2n) is 7.46. The first-order valence-corrected chi connectivity index (χ1v) is 10.1. The van der Waals surface area contributed by atoms with Crippen LogP contribution in [0.25, 0.3) is 0 Å². The van der Waals surface area contributed by atoms with E-state index in [-0.39, 0.29) is 24.6 Å². The Morgan fingerprint density at radius 2 is 1.94 bits per heavy atom. The molecule has 2 aliphatic heterocycles. The number of hydroxylamine groups is 1. The first-order valence-electron chi connectivity index (χ1n) is 10.1. The fraction of sp³-hybridized carbons (Fsp3) is 0.400. The van der Waals surface area contributed by atoms with E-state index in [4.69, 9.17) is 10.1 Å². The Morgan fingerprint density at radius 3 is 2.58 bits per heavy atom. The molecule has 0 spiro atoms. The largest absolute Gasteiger partial charge is 0.493 e. The molecule has 1 fully saturated rings. The van der Waals surface area contributed by atoms with E-state index in [1.165, 1.54) is 0 Å². The van der Waals surface area contributed by atoms with Gasteiger partial charge in [-0.05, 0) is 5.56 Å². The third-order valence-electron chi connectivity index (χ3n) is 5.31. The van der Waals surface area contributed by atoms with Crippen molar-refractivity contribution < 1.29 is 22.8 Å². The predicted octanol–water partition coefficient (Wildman–Crippen LogP) is 0.803. The fourth-order valence-electron chi connectivity index (χ4n) is 3.85. The number of piperazine rings is 1. The number of carbonyl (C=O) groups is 1. The third-order valence-corrected chi connectivity index (χ3v) is 5.31. The van der Waals surface area contributed by atoms with Crippen LogP contribution >= 0.6 is 0 Å². The van der Waals surface area contributed by atoms with E-state index in [1.54, 1.807) is 21.9 Å². The summed E-state index contributed by atoms with van der Waals surface area (Å²) in [7, 11) is 0. The topological polar surface area (TPSA) is 107 Å². The summed E-state index contributed by atoms with van der Waals surface area (Å²) in [4.78, 5) is 37.2. The quantitative estimate of drug-likeness (QED) is 0.689. The van der Waals surface area contributed by atoms with Crippen molar-refractivity contribution in [3.8, 4) is 6.07 Å². The minimum absolute atomic E-state index is 0.0462. The van der Waals surface area contributed by atoms with Gasteiger partial charge in [0.2, 0.25) is 0 Å². The first kappa shape index (κ1) is 22.6. The molecular weight excluding hydrogens is 443 g/mol. The molecule has 1 saturated heterocycles. The molecule has 1 unspecified atom stereocenters. The van der Waals surface area contributed by atoms with Crippen molar-refractivity contribution >= 4 is 17.5 Å². The summed E-state index contributed by atoms with van der Waals surface area (Å²) in [6, 6.07) is 10.9. The van der Waals surface area contributed by atoms with E-state index < -0.39 is 24.0 Å². The summed E-state index contributed by atoms with van der Waals surface area (Å²) < 4.78 is 40.3. The summed E-state index contributed by atoms with van der Waals surface area (Å²) in [5.41, 5.74) is 0.112. The molecule has 33 heavy (non-hydrogen) atoms. The van der Waals surface area contributed by atoms with Gasteiger partial charge in [-0.3, -0.25) is 14.3 Å². The summed E-state index contributed by atoms with van der Waals surface area (Å²) in [6.45, 7) is 1.81. The first-order chi connectivity index (χ1) is 15.8. The molecular formula is C20H20F3N7O3. The molecule has 0 aliphatic carbocycles. The van der Waals surface area contributed by atoms with E-state index in [2.05, 4.69) is 10.3 Å². The van der Waals surface area contributed by atoms with Crippen LogP contribution in [0, 0.1) is 11.3 Å². The predicted molar refractivity (Wildman–Crippen MR) is 110 cm³/mol. The number of anilines is 2. The number of rotatable bonds is 5. The van der Waals surface area contributed by atoms with Gasteiger partial charge in [0.25, 0.3) is 5.56 Å². The maximum atomic E-state index is 13.2. The smallest absolute Gasteiger partial charge is 0.327 e. The highest BCUT2D eigenvalue weighted by molar-refractivity contribution is 5.79. The molecule has 13 heteroatoms. The van der Waals surface area contributed by atoms with Gasteiger partial charge in [-0.15, -0.1) is 5.06 Å². The molecule has 0 bridgehead atoms. The lowest BCUT2D eigenvalue weighted by Crippen LogP contribution is -2.60. The number of fused-ring (bicyclic) bond motifs is 1. The van der Waals surface area contributed by atoms with Gasteiger partial charge < -0.3 is 15.1 Å². The molecule has 1 atom stereocenters. The van der Waals surface area contributed by atoms with E-state index >= 15 is 0 Å². The van der Waals surface area contributed by atoms with Gasteiger partial charge >= 0.3 is 12.1 Å². The van der Waals surface area contributed by atoms with Crippen LogP contribution in [-0.2, 0) is 22.7 Å². The molecule has 174 valence electrons. The number of alkyl halides is 3. The molecule has 3 heterocycles. The molecule has 0 radical (unpaired) electrons. The average molecular weight is 463 g/mol. The van der Waals surface area contributed by atoms with Gasteiger partial charge in [-0.25, -0.2) is 9.78 Å². The van der Waals surface area contributed by atoms with E-state index in [0.29, 0.717) is 26.2 Å². The zero-order chi connectivity index (χ0) is 23.6. The highest BCUT2D eigenvalue weighted by Gasteiger charge is 2.50. The summed E-state index contributed by atoms with van der Waals surface area (Å²) in [6.07, 6.45) is -5.22. The number of halogens is 3. The Labute approximate surface area is 186 Å². The van der Waals surface area contributed by atoms with E-state index in [0.717, 1.165) is 21.5 Å². The minimum atomic E-state index is -5.24. The molecule has 0 saturated carbocycles. The molecule has 2 aromatic rings. The number of hydrogen-bond acceptors (Lipinski definition) is 9. The van der Waals surface area contributed by atoms with Crippen LogP contribution in [0.15, 0.2) is 41.5 Å². The highest BCUT2D eigenvalue weighted by atomic mass is 19.4. The Kier molecular flexibility index (Phi) is 6.21. The van der Waals surface area contributed by atoms with Crippen LogP contribution in [0.1, 0.15) is 5.56 Å². The lowest BCUT2D eigenvalue weighted by atomic mass is 10.2. The van der Waals surface area contributed by atoms with Crippen LogP contribution < -0.4 is 20.8 Å². The van der Waals surface area contributed by atoms with E-state index in [9.17, 15) is 22.8 Å². The normalized spacial score (nSPS) is 18.7. The summed E-state index contributed by atoms with van der Waals surface area (Å²) >= 11 is 0. The van der Waals surface area contributed by atoms with Crippen molar-refractivity contribution in [2.75, 3.05) is 36.1 Å². The van der Waals surface area contributed by atoms with Gasteiger partial charge in [0, 0.05) is 32.7 Å². The Morgan fingerprint density at radius 1 is 1.24 bits per heavy atom. The lowest BCUT2D eigenvalue weighted by molar-refractivity contribution is -0.203. The molecule has 1 aromatic carbocycles. The number of nitriles is 1. The molecule has 0 amide bonds. The van der Waals surface area contributed by atoms with Gasteiger partial charge in [0.1, 0.15) is 12.9 Å². The van der Waals surface area contributed by atoms with Crippen LogP contribution in [0.4, 0.5) is 24.7 Å². The number of benzene rings is 1. The van der Waals surface area contributed by atoms with Crippen molar-refractivity contribution in [2.24, 2.45) is 0 Å². The van der Waals surface area contributed by atoms with Gasteiger partial charge in [0.05, 0.1) is 6.07 Å². The number of aromatic nitrogens is 2. The number of nitrogens with one attached hydrogen (secondary N) is 1. The number of nitrogens with zero attached hydrogens (tertiary/aromatic N) is 6. The minimum Gasteiger partial charge on any atom is -0.327 e. The fourth-order valence-corrected chi connectivity index (χ4v) is 3.85. The zero-order valence-corrected chi connectivity index (χ0v) is 17.3. The Bertz CT molecular complexity index is 1110. The number of hydrogen-bond donors (Lipinski definition) is 1. The van der Waals surface area contributed by atoms with Crippen LogP contribution in [0.2, 0.25) is 0 Å². The standard InChI is InChI=1S/C20H20F3N7O3/c21-20(22,23)18(32)33-30-16-15(17(31)28(9-6-24)13-26-16)29(12-14-4-2-1-3-5-14)19(30)27-10-7-25-8-11-27/h1-5,13,19,25H,7-12H2. The summed E-state index contributed by atoms with van der Waals surface area (Å²) in [5.74, 6) is -2.63. The number of carbonyl (C=O) groups excluding carboxylic acids is 1. The molecule has 10 nitrogen and oxygen atoms in total. The van der Waals surface area contributed by atoms with Gasteiger partial charge in [0.15, 0.2) is 17.8 Å². The lowest BCUT2D eigenvalue weighted by Gasteiger charge is -2.40. The second-order valence-corrected chi connectivity index (χ2v) is 7.46. The van der Waals surface area contributed by atoms with Crippen molar-refractivity contribution in [3.05, 3.63) is 52.6 Å². The Balaban J connectivity index is 1.84. The molecule has 2 aliphatic rings. The van der Waals surface area contributed by atoms with Crippen molar-refractivity contribution in [3.63, 3.8) is 0 Å². The SMILES string of the molecule is N#CCn1cnc2c(c1=O)N(Cc1ccccc1)C(N1CCNCC1)N2OC(=O)C(F)(F)F. The van der Waals surface area contributed by atoms with Crippen LogP contribution in [0.5, 0.6) is 0 Å². The van der Waals surface area contributed by atoms with Crippen LogP contribution in [-0.4, -0.2) is 59.1 Å². The monoisotopic (exact) mass is 463 g/mol. The van der Waals surface area contributed by atoms with Crippen molar-refractivity contribution in [1.29, 1.82) is 5.26 Å². The molecule has 1 aromatic heterocycles. The second kappa shape index (κ2) is 9.08. The summed E-state index contributed by atoms with van der Waals surface area (Å²) in [5, 5.41) is 12.9. The molecule has 1 N–H and O–H groups in total.